The van der Waals surface area contributed by atoms with Crippen molar-refractivity contribution in [3.63, 3.8) is 0 Å². The third-order valence-corrected chi connectivity index (χ3v) is 8.60. The number of hydrogen-bond acceptors (Lipinski definition) is 2. The molecule has 4 heterocycles. The van der Waals surface area contributed by atoms with E-state index in [1.54, 1.807) is 0 Å². The molecule has 0 spiro atoms. The Labute approximate surface area is 259 Å². The number of aromatic nitrogens is 5. The largest absolute Gasteiger partial charge is 0.314 e. The molecule has 9 aromatic rings. The standard InChI is InChI=1S/C40H27N5/c1-4-14-28(15-5-1)37-38-36(35-22-12-13-27-43(35)37)33-20-10-11-21-34(33)44(38)31-23-25-32(26-24-31)45-39(29-16-6-2-7-17-29)41-42-40(45)30-18-8-3-9-19-30/h1-27H. The summed E-state index contributed by atoms with van der Waals surface area (Å²) in [6, 6.07) is 55.1. The van der Waals surface area contributed by atoms with Crippen molar-refractivity contribution in [1.29, 1.82) is 0 Å². The van der Waals surface area contributed by atoms with Gasteiger partial charge in [0.15, 0.2) is 11.6 Å². The predicted octanol–water partition coefficient (Wildman–Crippen LogP) is 9.62. The Kier molecular flexibility index (Phi) is 5.74. The van der Waals surface area contributed by atoms with Crippen molar-refractivity contribution in [2.45, 2.75) is 0 Å². The Morgan fingerprint density at radius 3 is 1.51 bits per heavy atom. The topological polar surface area (TPSA) is 40.0 Å². The van der Waals surface area contributed by atoms with Crippen LogP contribution in [0.3, 0.4) is 0 Å². The van der Waals surface area contributed by atoms with E-state index in [-0.39, 0.29) is 0 Å². The van der Waals surface area contributed by atoms with E-state index >= 15 is 0 Å². The molecule has 0 saturated carbocycles. The SMILES string of the molecule is c1ccc(-c2nnc(-c3ccccc3)n2-c2ccc(-n3c4ccccc4c4c3c(-c3ccccc3)n3ccccc43)cc2)cc1. The summed E-state index contributed by atoms with van der Waals surface area (Å²) in [5.41, 5.74) is 10.1. The number of benzene rings is 5. The number of pyridine rings is 1. The summed E-state index contributed by atoms with van der Waals surface area (Å²) in [7, 11) is 0. The van der Waals surface area contributed by atoms with Gasteiger partial charge >= 0.3 is 0 Å². The van der Waals surface area contributed by atoms with E-state index in [0.717, 1.165) is 34.2 Å². The quantitative estimate of drug-likeness (QED) is 0.204. The highest BCUT2D eigenvalue weighted by molar-refractivity contribution is 6.21. The first-order chi connectivity index (χ1) is 22.4. The van der Waals surface area contributed by atoms with Gasteiger partial charge in [0.25, 0.3) is 0 Å². The van der Waals surface area contributed by atoms with E-state index in [0.29, 0.717) is 0 Å². The molecule has 4 aromatic heterocycles. The van der Waals surface area contributed by atoms with Gasteiger partial charge in [-0.3, -0.25) is 4.57 Å². The zero-order valence-electron chi connectivity index (χ0n) is 24.3. The average molecular weight is 578 g/mol. The van der Waals surface area contributed by atoms with Crippen LogP contribution in [-0.4, -0.2) is 23.7 Å². The Balaban J connectivity index is 1.29. The van der Waals surface area contributed by atoms with Crippen molar-refractivity contribution in [2.24, 2.45) is 0 Å². The lowest BCUT2D eigenvalue weighted by Crippen LogP contribution is -2.02. The number of nitrogens with zero attached hydrogens (tertiary/aromatic N) is 5. The minimum Gasteiger partial charge on any atom is -0.314 e. The molecule has 0 amide bonds. The molecule has 0 unspecified atom stereocenters. The molecule has 5 aromatic carbocycles. The molecule has 0 radical (unpaired) electrons. The van der Waals surface area contributed by atoms with Crippen molar-refractivity contribution >= 4 is 27.3 Å². The number of rotatable bonds is 5. The Morgan fingerprint density at radius 1 is 0.400 bits per heavy atom. The van der Waals surface area contributed by atoms with Gasteiger partial charge in [-0.25, -0.2) is 0 Å². The summed E-state index contributed by atoms with van der Waals surface area (Å²) in [5.74, 6) is 1.61. The highest BCUT2D eigenvalue weighted by atomic mass is 15.3. The van der Waals surface area contributed by atoms with Crippen molar-refractivity contribution in [3.8, 4) is 45.4 Å². The third-order valence-electron chi connectivity index (χ3n) is 8.60. The second kappa shape index (κ2) is 10.2. The summed E-state index contributed by atoms with van der Waals surface area (Å²) in [6.45, 7) is 0. The van der Waals surface area contributed by atoms with Crippen LogP contribution in [0.15, 0.2) is 164 Å². The lowest BCUT2D eigenvalue weighted by Gasteiger charge is -2.14. The number of para-hydroxylation sites is 1. The third kappa shape index (κ3) is 3.95. The zero-order chi connectivity index (χ0) is 29.7. The van der Waals surface area contributed by atoms with Gasteiger partial charge in [-0.15, -0.1) is 10.2 Å². The van der Waals surface area contributed by atoms with Crippen molar-refractivity contribution in [2.75, 3.05) is 0 Å². The molecular weight excluding hydrogens is 550 g/mol. The van der Waals surface area contributed by atoms with Crippen LogP contribution in [0.5, 0.6) is 0 Å². The van der Waals surface area contributed by atoms with Crippen LogP contribution in [0, 0.1) is 0 Å². The van der Waals surface area contributed by atoms with E-state index in [2.05, 4.69) is 151 Å². The van der Waals surface area contributed by atoms with Gasteiger partial charge < -0.3 is 8.97 Å². The molecule has 0 atom stereocenters. The molecule has 5 nitrogen and oxygen atoms in total. The van der Waals surface area contributed by atoms with E-state index < -0.39 is 0 Å². The maximum Gasteiger partial charge on any atom is 0.168 e. The first-order valence-electron chi connectivity index (χ1n) is 15.1. The predicted molar refractivity (Wildman–Crippen MR) is 183 cm³/mol. The maximum atomic E-state index is 4.67. The first-order valence-corrected chi connectivity index (χ1v) is 15.1. The highest BCUT2D eigenvalue weighted by Crippen LogP contribution is 2.42. The minimum absolute atomic E-state index is 0.807. The fourth-order valence-corrected chi connectivity index (χ4v) is 6.65. The first kappa shape index (κ1) is 25.3. The molecule has 0 aliphatic heterocycles. The molecule has 0 saturated heterocycles. The zero-order valence-corrected chi connectivity index (χ0v) is 24.3. The molecule has 5 heteroatoms. The fourth-order valence-electron chi connectivity index (χ4n) is 6.65. The van der Waals surface area contributed by atoms with Gasteiger partial charge in [0, 0.05) is 45.0 Å². The summed E-state index contributed by atoms with van der Waals surface area (Å²) in [5, 5.41) is 11.8. The average Bonchev–Trinajstić information content (AvgIpc) is 3.80. The monoisotopic (exact) mass is 577 g/mol. The van der Waals surface area contributed by atoms with Crippen LogP contribution in [0.4, 0.5) is 0 Å². The van der Waals surface area contributed by atoms with Crippen LogP contribution in [-0.2, 0) is 0 Å². The van der Waals surface area contributed by atoms with Crippen molar-refractivity contribution in [3.05, 3.63) is 164 Å². The van der Waals surface area contributed by atoms with Crippen LogP contribution in [0.1, 0.15) is 0 Å². The summed E-state index contributed by atoms with van der Waals surface area (Å²) in [4.78, 5) is 0. The molecule has 0 aliphatic rings. The molecule has 212 valence electrons. The van der Waals surface area contributed by atoms with Crippen LogP contribution in [0.2, 0.25) is 0 Å². The Morgan fingerprint density at radius 2 is 0.889 bits per heavy atom. The molecule has 0 aliphatic carbocycles. The van der Waals surface area contributed by atoms with Gasteiger partial charge in [-0.05, 0) is 42.5 Å². The smallest absolute Gasteiger partial charge is 0.168 e. The number of fused-ring (bicyclic) bond motifs is 5. The molecular formula is C40H27N5. The van der Waals surface area contributed by atoms with Gasteiger partial charge in [0.1, 0.15) is 0 Å². The maximum absolute atomic E-state index is 4.67. The van der Waals surface area contributed by atoms with E-state index in [1.807, 2.05) is 36.4 Å². The highest BCUT2D eigenvalue weighted by Gasteiger charge is 2.23. The van der Waals surface area contributed by atoms with Gasteiger partial charge in [0.2, 0.25) is 0 Å². The van der Waals surface area contributed by atoms with Crippen molar-refractivity contribution < 1.29 is 0 Å². The molecule has 0 bridgehead atoms. The summed E-state index contributed by atoms with van der Waals surface area (Å²) >= 11 is 0. The fraction of sp³-hybridized carbons (Fsp3) is 0. The lowest BCUT2D eigenvalue weighted by molar-refractivity contribution is 1.07. The lowest BCUT2D eigenvalue weighted by atomic mass is 10.1. The van der Waals surface area contributed by atoms with Crippen LogP contribution >= 0.6 is 0 Å². The van der Waals surface area contributed by atoms with Gasteiger partial charge in [0.05, 0.1) is 22.2 Å². The van der Waals surface area contributed by atoms with E-state index in [9.17, 15) is 0 Å². The molecule has 0 N–H and O–H groups in total. The summed E-state index contributed by atoms with van der Waals surface area (Å²) in [6.07, 6.45) is 2.17. The molecule has 0 fully saturated rings. The number of hydrogen-bond donors (Lipinski definition) is 0. The Bertz CT molecular complexity index is 2390. The van der Waals surface area contributed by atoms with E-state index in [4.69, 9.17) is 0 Å². The minimum atomic E-state index is 0.807. The van der Waals surface area contributed by atoms with E-state index in [1.165, 1.54) is 38.6 Å². The second-order valence-electron chi connectivity index (χ2n) is 11.2. The van der Waals surface area contributed by atoms with Crippen LogP contribution < -0.4 is 0 Å². The van der Waals surface area contributed by atoms with Crippen LogP contribution in [0.25, 0.3) is 72.7 Å². The normalized spacial score (nSPS) is 11.6. The second-order valence-corrected chi connectivity index (χ2v) is 11.2. The van der Waals surface area contributed by atoms with Gasteiger partial charge in [-0.1, -0.05) is 115 Å². The van der Waals surface area contributed by atoms with Gasteiger partial charge in [-0.2, -0.15) is 0 Å². The Hall–Kier alpha value is -6.20. The molecule has 45 heavy (non-hydrogen) atoms. The van der Waals surface area contributed by atoms with Crippen molar-refractivity contribution in [1.82, 2.24) is 23.7 Å². The summed E-state index contributed by atoms with van der Waals surface area (Å²) < 4.78 is 6.89. The molecule has 9 rings (SSSR count).